The van der Waals surface area contributed by atoms with E-state index in [2.05, 4.69) is 6.58 Å². The Morgan fingerprint density at radius 1 is 1.15 bits per heavy atom. The summed E-state index contributed by atoms with van der Waals surface area (Å²) in [6.45, 7) is 8.78. The number of hydrogen-bond acceptors (Lipinski definition) is 10. The fourth-order valence-corrected chi connectivity index (χ4v) is 4.05. The fraction of sp³-hybridized carbons (Fsp3) is 0.310. The topological polar surface area (TPSA) is 123 Å². The van der Waals surface area contributed by atoms with Crippen molar-refractivity contribution >= 4 is 16.9 Å². The number of phenolic OH excluding ortho intramolecular Hbond substituents is 1. The van der Waals surface area contributed by atoms with E-state index in [1.165, 1.54) is 31.6 Å². The first-order chi connectivity index (χ1) is 18.7. The zero-order chi connectivity index (χ0) is 28.2. The Morgan fingerprint density at radius 3 is 2.62 bits per heavy atom. The van der Waals surface area contributed by atoms with Crippen molar-refractivity contribution in [3.8, 4) is 34.3 Å². The average Bonchev–Trinajstić information content (AvgIpc) is 3.25. The van der Waals surface area contributed by atoms with E-state index in [0.717, 1.165) is 0 Å². The van der Waals surface area contributed by atoms with Crippen LogP contribution in [0.3, 0.4) is 0 Å². The average molecular weight is 539 g/mol. The number of allylic oxidation sites excluding steroid dienone is 1. The van der Waals surface area contributed by atoms with Crippen molar-refractivity contribution in [3.05, 3.63) is 70.8 Å². The highest BCUT2D eigenvalue weighted by atomic mass is 16.7. The molecule has 2 aromatic carbocycles. The highest BCUT2D eigenvalue weighted by Gasteiger charge is 2.28. The highest BCUT2D eigenvalue weighted by Crippen LogP contribution is 2.39. The molecule has 1 aliphatic heterocycles. The van der Waals surface area contributed by atoms with Gasteiger partial charge in [0.05, 0.1) is 13.7 Å². The predicted molar refractivity (Wildman–Crippen MR) is 142 cm³/mol. The summed E-state index contributed by atoms with van der Waals surface area (Å²) in [4.78, 5) is 25.3. The van der Waals surface area contributed by atoms with Crippen molar-refractivity contribution in [2.45, 2.75) is 33.0 Å². The van der Waals surface area contributed by atoms with Crippen LogP contribution in [0.5, 0.6) is 23.0 Å². The Hall–Kier alpha value is -4.60. The normalized spacial score (nSPS) is 13.7. The molecule has 1 N–H and O–H groups in total. The molecular formula is C29H30O10. The molecule has 0 saturated heterocycles. The predicted octanol–water partition coefficient (Wildman–Crippen LogP) is 4.85. The first-order valence-corrected chi connectivity index (χ1v) is 12.2. The number of aromatic hydroxyl groups is 1. The fourth-order valence-electron chi connectivity index (χ4n) is 4.05. The van der Waals surface area contributed by atoms with Crippen LogP contribution in [0.25, 0.3) is 22.3 Å². The van der Waals surface area contributed by atoms with Crippen molar-refractivity contribution in [1.82, 2.24) is 0 Å². The molecule has 0 saturated carbocycles. The first kappa shape index (κ1) is 27.4. The second-order valence-electron chi connectivity index (χ2n) is 8.99. The third-order valence-corrected chi connectivity index (χ3v) is 5.73. The zero-order valence-electron chi connectivity index (χ0n) is 22.2. The summed E-state index contributed by atoms with van der Waals surface area (Å²) < 4.78 is 38.9. The van der Waals surface area contributed by atoms with E-state index in [0.29, 0.717) is 23.3 Å². The van der Waals surface area contributed by atoms with E-state index in [1.807, 2.05) is 0 Å². The third-order valence-electron chi connectivity index (χ3n) is 5.73. The molecule has 2 heterocycles. The number of phenols is 1. The van der Waals surface area contributed by atoms with E-state index in [9.17, 15) is 14.7 Å². The maximum atomic E-state index is 13.4. The number of carbonyl (C=O) groups excluding carboxylic acids is 1. The molecule has 0 amide bonds. The Morgan fingerprint density at radius 2 is 1.95 bits per heavy atom. The van der Waals surface area contributed by atoms with E-state index in [4.69, 9.17) is 32.8 Å². The van der Waals surface area contributed by atoms with Crippen LogP contribution in [-0.2, 0) is 25.4 Å². The molecule has 0 aliphatic carbocycles. The molecule has 4 rings (SSSR count). The summed E-state index contributed by atoms with van der Waals surface area (Å²) in [7, 11) is 1.45. The number of esters is 1. The van der Waals surface area contributed by atoms with Crippen LogP contribution in [0.4, 0.5) is 0 Å². The molecule has 0 spiro atoms. The molecule has 10 nitrogen and oxygen atoms in total. The van der Waals surface area contributed by atoms with Gasteiger partial charge in [0.2, 0.25) is 5.79 Å². The number of rotatable bonds is 11. The largest absolute Gasteiger partial charge is 0.504 e. The SMILES string of the molecule is C=CCc1c(-c2cc(=O)c3c(OCC4=COC(C)(C)O4)cc(OCC(=O)OCC)cc3o2)ccc(OC)c1O. The lowest BCUT2D eigenvalue weighted by molar-refractivity contribution is -0.145. The lowest BCUT2D eigenvalue weighted by atomic mass is 9.99. The van der Waals surface area contributed by atoms with Crippen LogP contribution in [-0.4, -0.2) is 43.8 Å². The van der Waals surface area contributed by atoms with Crippen molar-refractivity contribution in [3.63, 3.8) is 0 Å². The number of benzene rings is 2. The standard InChI is InChI=1S/C29H30O10/c1-6-8-20-19(9-10-22(33-5)28(20)32)23-13-21(30)27-24(36-14-18-15-37-29(3,4)39-18)11-17(12-25(27)38-23)35-16-26(31)34-7-2/h6,9-13,15,32H,1,7-8,14,16H2,2-5H3. The lowest BCUT2D eigenvalue weighted by Gasteiger charge is -2.18. The van der Waals surface area contributed by atoms with E-state index < -0.39 is 17.2 Å². The van der Waals surface area contributed by atoms with Crippen molar-refractivity contribution in [2.75, 3.05) is 26.9 Å². The molecule has 0 fully saturated rings. The van der Waals surface area contributed by atoms with Gasteiger partial charge < -0.3 is 37.9 Å². The van der Waals surface area contributed by atoms with Gasteiger partial charge >= 0.3 is 5.97 Å². The smallest absolute Gasteiger partial charge is 0.344 e. The molecule has 10 heteroatoms. The number of ether oxygens (including phenoxy) is 6. The third kappa shape index (κ3) is 6.11. The molecule has 0 bridgehead atoms. The minimum Gasteiger partial charge on any atom is -0.504 e. The zero-order valence-corrected chi connectivity index (χ0v) is 22.2. The first-order valence-electron chi connectivity index (χ1n) is 12.2. The van der Waals surface area contributed by atoms with Gasteiger partial charge in [0.1, 0.15) is 41.1 Å². The monoisotopic (exact) mass is 538 g/mol. The van der Waals surface area contributed by atoms with E-state index in [1.54, 1.807) is 39.0 Å². The highest BCUT2D eigenvalue weighted by molar-refractivity contribution is 5.87. The van der Waals surface area contributed by atoms with Gasteiger partial charge in [-0.3, -0.25) is 4.79 Å². The lowest BCUT2D eigenvalue weighted by Crippen LogP contribution is -2.21. The Kier molecular flexibility index (Phi) is 8.04. The van der Waals surface area contributed by atoms with Gasteiger partial charge in [0.25, 0.3) is 0 Å². The number of methoxy groups -OCH3 is 1. The summed E-state index contributed by atoms with van der Waals surface area (Å²) in [5, 5.41) is 10.9. The summed E-state index contributed by atoms with van der Waals surface area (Å²) in [6, 6.07) is 7.56. The van der Waals surface area contributed by atoms with Crippen molar-refractivity contribution in [1.29, 1.82) is 0 Å². The summed E-state index contributed by atoms with van der Waals surface area (Å²) in [5.41, 5.74) is 0.713. The molecule has 206 valence electrons. The van der Waals surface area contributed by atoms with Crippen LogP contribution < -0.4 is 19.6 Å². The van der Waals surface area contributed by atoms with Gasteiger partial charge in [-0.15, -0.1) is 6.58 Å². The van der Waals surface area contributed by atoms with Crippen LogP contribution in [0.1, 0.15) is 26.3 Å². The van der Waals surface area contributed by atoms with Gasteiger partial charge in [0, 0.05) is 43.2 Å². The quantitative estimate of drug-likeness (QED) is 0.268. The maximum Gasteiger partial charge on any atom is 0.344 e. The number of fused-ring (bicyclic) bond motifs is 1. The summed E-state index contributed by atoms with van der Waals surface area (Å²) in [5.74, 6) is -0.184. The Labute approximate surface area is 224 Å². The molecule has 39 heavy (non-hydrogen) atoms. The van der Waals surface area contributed by atoms with Crippen LogP contribution in [0.15, 0.2) is 64.2 Å². The molecule has 0 atom stereocenters. The number of hydrogen-bond donors (Lipinski definition) is 1. The summed E-state index contributed by atoms with van der Waals surface area (Å²) in [6.07, 6.45) is 3.36. The maximum absolute atomic E-state index is 13.4. The number of carbonyl (C=O) groups is 1. The van der Waals surface area contributed by atoms with Gasteiger partial charge in [-0.2, -0.15) is 0 Å². The molecule has 1 aromatic heterocycles. The van der Waals surface area contributed by atoms with Crippen LogP contribution in [0, 0.1) is 0 Å². The van der Waals surface area contributed by atoms with Gasteiger partial charge in [-0.1, -0.05) is 6.08 Å². The second-order valence-corrected chi connectivity index (χ2v) is 8.99. The van der Waals surface area contributed by atoms with Gasteiger partial charge in [0.15, 0.2) is 29.3 Å². The Balaban J connectivity index is 1.79. The summed E-state index contributed by atoms with van der Waals surface area (Å²) >= 11 is 0. The minimum absolute atomic E-state index is 0.0309. The Bertz CT molecular complexity index is 1480. The van der Waals surface area contributed by atoms with Crippen molar-refractivity contribution in [2.24, 2.45) is 0 Å². The van der Waals surface area contributed by atoms with Crippen LogP contribution in [0.2, 0.25) is 0 Å². The second kappa shape index (κ2) is 11.4. The molecular weight excluding hydrogens is 508 g/mol. The molecule has 0 radical (unpaired) electrons. The molecule has 3 aromatic rings. The van der Waals surface area contributed by atoms with Crippen molar-refractivity contribution < 1.29 is 42.7 Å². The van der Waals surface area contributed by atoms with Gasteiger partial charge in [-0.05, 0) is 25.5 Å². The molecule has 0 unspecified atom stereocenters. The van der Waals surface area contributed by atoms with E-state index in [-0.39, 0.29) is 59.5 Å². The van der Waals surface area contributed by atoms with Crippen LogP contribution >= 0.6 is 0 Å². The molecule has 1 aliphatic rings. The minimum atomic E-state index is -0.827. The van der Waals surface area contributed by atoms with E-state index >= 15 is 0 Å². The van der Waals surface area contributed by atoms with Gasteiger partial charge in [-0.25, -0.2) is 4.79 Å².